The lowest BCUT2D eigenvalue weighted by Crippen LogP contribution is -2.59. The van der Waals surface area contributed by atoms with E-state index < -0.39 is 60.1 Å². The molecule has 4 atom stereocenters. The first-order valence-corrected chi connectivity index (χ1v) is 20.3. The fourth-order valence-electron chi connectivity index (χ4n) is 7.51. The molecule has 2 bridgehead atoms. The topological polar surface area (TPSA) is 183 Å². The van der Waals surface area contributed by atoms with Gasteiger partial charge in [-0.1, -0.05) is 106 Å². The summed E-state index contributed by atoms with van der Waals surface area (Å²) >= 11 is 0. The highest BCUT2D eigenvalue weighted by Crippen LogP contribution is 2.27. The molecule has 1 saturated carbocycles. The Labute approximate surface area is 330 Å². The van der Waals surface area contributed by atoms with Gasteiger partial charge in [0.1, 0.15) is 18.1 Å². The second-order valence-electron chi connectivity index (χ2n) is 15.3. The summed E-state index contributed by atoms with van der Waals surface area (Å²) in [5.41, 5.74) is 2.50. The van der Waals surface area contributed by atoms with Crippen LogP contribution in [0, 0.1) is 5.92 Å². The number of rotatable bonds is 12. The maximum Gasteiger partial charge on any atom is 0.290 e. The minimum Gasteiger partial charge on any atom is -0.347 e. The average molecular weight is 773 g/mol. The summed E-state index contributed by atoms with van der Waals surface area (Å²) in [5.74, 6) is -4.40. The molecule has 56 heavy (non-hydrogen) atoms. The third kappa shape index (κ3) is 13.6. The fourth-order valence-corrected chi connectivity index (χ4v) is 7.51. The van der Waals surface area contributed by atoms with Gasteiger partial charge in [-0.05, 0) is 61.1 Å². The minimum atomic E-state index is -1.23. The van der Waals surface area contributed by atoms with Crippen molar-refractivity contribution in [2.45, 2.75) is 127 Å². The lowest BCUT2D eigenvalue weighted by atomic mass is 9.83. The van der Waals surface area contributed by atoms with Crippen LogP contribution in [0.2, 0.25) is 0 Å². The maximum atomic E-state index is 14.1. The quantitative estimate of drug-likeness (QED) is 0.204. The molecule has 13 nitrogen and oxygen atoms in total. The van der Waals surface area contributed by atoms with E-state index in [9.17, 15) is 33.6 Å². The summed E-state index contributed by atoms with van der Waals surface area (Å²) in [6.07, 6.45) is 11.2. The molecule has 1 aliphatic heterocycles. The number of likely N-dealkylation sites (N-methyl/N-ethyl adjacent to an activating group) is 1. The second-order valence-corrected chi connectivity index (χ2v) is 15.3. The van der Waals surface area contributed by atoms with Crippen LogP contribution >= 0.6 is 0 Å². The summed E-state index contributed by atoms with van der Waals surface area (Å²) in [6, 6.07) is 12.4. The van der Waals surface area contributed by atoms with Crippen molar-refractivity contribution in [3.63, 3.8) is 0 Å². The van der Waals surface area contributed by atoms with Crippen LogP contribution in [0.25, 0.3) is 0 Å². The number of carbonyl (C=O) groups is 7. The van der Waals surface area contributed by atoms with Gasteiger partial charge in [0.15, 0.2) is 0 Å². The van der Waals surface area contributed by atoms with Crippen LogP contribution in [0.5, 0.6) is 0 Å². The predicted octanol–water partition coefficient (Wildman–Crippen LogP) is 3.59. The van der Waals surface area contributed by atoms with E-state index in [-0.39, 0.29) is 30.6 Å². The first-order chi connectivity index (χ1) is 27.0. The predicted molar refractivity (Wildman–Crippen MR) is 213 cm³/mol. The van der Waals surface area contributed by atoms with Gasteiger partial charge in [0, 0.05) is 26.9 Å². The Morgan fingerprint density at radius 2 is 1.45 bits per heavy atom. The Morgan fingerprint density at radius 3 is 2.14 bits per heavy atom. The Bertz CT molecular complexity index is 1660. The highest BCUT2D eigenvalue weighted by Gasteiger charge is 2.35. The monoisotopic (exact) mass is 772 g/mol. The smallest absolute Gasteiger partial charge is 0.290 e. The highest BCUT2D eigenvalue weighted by atomic mass is 16.2. The fraction of sp³-hybridized carbons (Fsp3) is 0.558. The number of benzene rings is 2. The van der Waals surface area contributed by atoms with Crippen LogP contribution in [0.1, 0.15) is 113 Å². The number of fused-ring (bicyclic) bond motifs is 2. The molecule has 13 heteroatoms. The number of ketones is 1. The van der Waals surface area contributed by atoms with Gasteiger partial charge < -0.3 is 31.5 Å². The molecule has 0 saturated heterocycles. The first kappa shape index (κ1) is 43.7. The molecule has 304 valence electrons. The summed E-state index contributed by atoms with van der Waals surface area (Å²) in [5, 5.41) is 13.6. The summed E-state index contributed by atoms with van der Waals surface area (Å²) in [4.78, 5) is 95.1. The van der Waals surface area contributed by atoms with E-state index in [4.69, 9.17) is 0 Å². The summed E-state index contributed by atoms with van der Waals surface area (Å²) in [7, 11) is 3.13. The molecule has 4 rings (SSSR count). The third-order valence-corrected chi connectivity index (χ3v) is 10.6. The number of carbonyl (C=O) groups excluding carboxylic acids is 7. The van der Waals surface area contributed by atoms with Gasteiger partial charge >= 0.3 is 0 Å². The highest BCUT2D eigenvalue weighted by molar-refractivity contribution is 6.38. The lowest BCUT2D eigenvalue weighted by molar-refractivity contribution is -0.141. The molecule has 1 aliphatic carbocycles. The van der Waals surface area contributed by atoms with Crippen LogP contribution in [0.4, 0.5) is 0 Å². The number of nitrogens with one attached hydrogen (secondary N) is 5. The lowest BCUT2D eigenvalue weighted by Gasteiger charge is -2.31. The van der Waals surface area contributed by atoms with Crippen molar-refractivity contribution in [3.05, 3.63) is 71.3 Å². The van der Waals surface area contributed by atoms with Crippen LogP contribution in [-0.2, 0) is 46.4 Å². The molecule has 0 radical (unpaired) electrons. The van der Waals surface area contributed by atoms with E-state index in [1.165, 1.54) is 4.90 Å². The van der Waals surface area contributed by atoms with Crippen molar-refractivity contribution >= 4 is 41.2 Å². The van der Waals surface area contributed by atoms with E-state index in [1.807, 2.05) is 31.2 Å². The number of nitrogens with zero attached hydrogens (tertiary/aromatic N) is 1. The molecule has 6 amide bonds. The zero-order valence-corrected chi connectivity index (χ0v) is 33.2. The van der Waals surface area contributed by atoms with Crippen LogP contribution < -0.4 is 26.6 Å². The molecule has 0 aromatic heterocycles. The van der Waals surface area contributed by atoms with Gasteiger partial charge in [-0.3, -0.25) is 33.6 Å². The van der Waals surface area contributed by atoms with Gasteiger partial charge in [-0.25, -0.2) is 0 Å². The number of Topliss-reactive ketones (excluding diaryl/α,β-unsaturated/α-hetero) is 1. The van der Waals surface area contributed by atoms with Gasteiger partial charge in [0.05, 0.1) is 12.6 Å². The van der Waals surface area contributed by atoms with Crippen LogP contribution in [0.15, 0.2) is 54.6 Å². The van der Waals surface area contributed by atoms with E-state index >= 15 is 0 Å². The molecule has 2 aromatic carbocycles. The Kier molecular flexibility index (Phi) is 17.5. The second kappa shape index (κ2) is 22.5. The number of amides is 6. The van der Waals surface area contributed by atoms with Crippen molar-refractivity contribution in [3.8, 4) is 0 Å². The third-order valence-electron chi connectivity index (χ3n) is 10.6. The van der Waals surface area contributed by atoms with E-state index in [2.05, 4.69) is 26.6 Å². The van der Waals surface area contributed by atoms with Crippen LogP contribution in [-0.4, -0.2) is 84.9 Å². The van der Waals surface area contributed by atoms with Crippen molar-refractivity contribution in [2.75, 3.05) is 20.6 Å². The van der Waals surface area contributed by atoms with E-state index in [0.29, 0.717) is 18.4 Å². The van der Waals surface area contributed by atoms with E-state index in [0.717, 1.165) is 81.8 Å². The van der Waals surface area contributed by atoms with Crippen molar-refractivity contribution in [2.24, 2.45) is 5.92 Å². The number of aryl methyl sites for hydroxylation is 1. The zero-order valence-electron chi connectivity index (χ0n) is 33.2. The summed E-state index contributed by atoms with van der Waals surface area (Å²) < 4.78 is 0. The molecule has 1 fully saturated rings. The Morgan fingerprint density at radius 1 is 0.786 bits per heavy atom. The number of hydrogen-bond acceptors (Lipinski definition) is 7. The van der Waals surface area contributed by atoms with Gasteiger partial charge in [-0.2, -0.15) is 0 Å². The normalized spacial score (nSPS) is 19.8. The molecule has 2 aliphatic rings. The minimum absolute atomic E-state index is 0.0684. The molecule has 5 N–H and O–H groups in total. The molecule has 2 aromatic rings. The molecule has 0 spiro atoms. The Hall–Kier alpha value is -5.07. The van der Waals surface area contributed by atoms with Gasteiger partial charge in [0.2, 0.25) is 35.3 Å². The standard InChI is InChI=1S/C43H60N6O7/c1-4-17-33(39(52)42(55)44-28-36(51)48-38(43(56)49(2)3)32-23-13-9-14-24-32)45-40(53)34-27-30-20-16-19-29(26-30)18-10-6-5-7-15-25-35(50)47-37(41(54)46-34)31-21-11-8-12-22-31/h9,13-14,16,19-20,23-24,26,31,33-34,37-38H,4-8,10-12,15,17-18,21-22,25,27-28H2,1-3H3,(H,44,55)(H,45,53)(H,46,54)(H,47,50)(H,48,51)/t33?,34-,37-,38-/m0/s1. The average Bonchev–Trinajstić information content (AvgIpc) is 3.20. The molecular formula is C43H60N6O7. The SMILES string of the molecule is CCCC(NC(=O)[C@@H]1Cc2cccc(c2)CCCCCCCC(=O)N[C@@H](C2CCCCC2)C(=O)N1)C(=O)C(=O)NCC(=O)N[C@H](C(=O)N(C)C)c1ccccc1. The van der Waals surface area contributed by atoms with Crippen molar-refractivity contribution in [1.29, 1.82) is 0 Å². The molecule has 1 unspecified atom stereocenters. The van der Waals surface area contributed by atoms with Crippen molar-refractivity contribution in [1.82, 2.24) is 31.5 Å². The number of hydrogen-bond donors (Lipinski definition) is 5. The Balaban J connectivity index is 1.50. The van der Waals surface area contributed by atoms with E-state index in [1.54, 1.807) is 44.4 Å². The van der Waals surface area contributed by atoms with Crippen LogP contribution in [0.3, 0.4) is 0 Å². The zero-order chi connectivity index (χ0) is 40.5. The van der Waals surface area contributed by atoms with Crippen molar-refractivity contribution < 1.29 is 33.6 Å². The molecular weight excluding hydrogens is 713 g/mol. The maximum absolute atomic E-state index is 14.1. The van der Waals surface area contributed by atoms with Gasteiger partial charge in [0.25, 0.3) is 5.91 Å². The molecule has 1 heterocycles. The van der Waals surface area contributed by atoms with Gasteiger partial charge in [-0.15, -0.1) is 0 Å². The summed E-state index contributed by atoms with van der Waals surface area (Å²) in [6.45, 7) is 1.23. The first-order valence-electron chi connectivity index (χ1n) is 20.3. The largest absolute Gasteiger partial charge is 0.347 e.